The number of hydrogen-bond donors (Lipinski definition) is 2. The molecule has 3 N–H and O–H groups in total. The minimum absolute atomic E-state index is 0.0752. The summed E-state index contributed by atoms with van der Waals surface area (Å²) in [7, 11) is 0. The third kappa shape index (κ3) is 5.01. The Morgan fingerprint density at radius 3 is 2.69 bits per heavy atom. The molecule has 0 atom stereocenters. The summed E-state index contributed by atoms with van der Waals surface area (Å²) in [6, 6.07) is 4.41. The molecule has 140 valence electrons. The highest BCUT2D eigenvalue weighted by molar-refractivity contribution is 9.10. The predicted molar refractivity (Wildman–Crippen MR) is 97.8 cm³/mol. The van der Waals surface area contributed by atoms with Crippen LogP contribution in [0.25, 0.3) is 0 Å². The topological polar surface area (TPSA) is 90.0 Å². The van der Waals surface area contributed by atoms with Crippen LogP contribution in [0, 0.1) is 6.92 Å². The van der Waals surface area contributed by atoms with Crippen LogP contribution in [0.1, 0.15) is 39.3 Å². The maximum absolute atomic E-state index is 12.6. The first-order chi connectivity index (χ1) is 12.2. The van der Waals surface area contributed by atoms with Gasteiger partial charge in [0.05, 0.1) is 11.3 Å². The number of benzene rings is 1. The number of halogens is 4. The van der Waals surface area contributed by atoms with Gasteiger partial charge in [-0.2, -0.15) is 5.10 Å². The van der Waals surface area contributed by atoms with E-state index in [0.717, 1.165) is 0 Å². The van der Waals surface area contributed by atoms with Crippen LogP contribution >= 0.6 is 27.5 Å². The van der Waals surface area contributed by atoms with E-state index in [1.54, 1.807) is 13.0 Å². The highest BCUT2D eigenvalue weighted by Gasteiger charge is 2.19. The molecule has 6 nitrogen and oxygen atoms in total. The van der Waals surface area contributed by atoms with E-state index in [2.05, 4.69) is 26.3 Å². The molecule has 0 aliphatic heterocycles. The van der Waals surface area contributed by atoms with E-state index in [9.17, 15) is 18.4 Å². The largest absolute Gasteiger partial charge is 0.366 e. The van der Waals surface area contributed by atoms with E-state index < -0.39 is 18.2 Å². The number of nitrogens with zero attached hydrogens (tertiary/aromatic N) is 2. The molecule has 2 rings (SSSR count). The van der Waals surface area contributed by atoms with Crippen molar-refractivity contribution in [1.82, 2.24) is 9.78 Å². The van der Waals surface area contributed by atoms with E-state index in [1.165, 1.54) is 16.8 Å². The standard InChI is InChI=1S/C16H16BrClF2N4O2/c1-8-5-9(18)6-10(15(21)25)14(8)22-16(26)11-7-12(17)23-24(11)4-2-3-13(19)20/h5-7,13H,2-4H2,1H3,(H2,21,25)(H,22,26). The Balaban J connectivity index is 2.27. The zero-order valence-electron chi connectivity index (χ0n) is 13.7. The number of anilines is 1. The van der Waals surface area contributed by atoms with Gasteiger partial charge in [-0.1, -0.05) is 11.6 Å². The molecule has 0 unspecified atom stereocenters. The first kappa shape index (κ1) is 20.3. The number of nitrogens with one attached hydrogen (secondary N) is 1. The molecule has 0 bridgehead atoms. The van der Waals surface area contributed by atoms with E-state index in [1.807, 2.05) is 0 Å². The van der Waals surface area contributed by atoms with Crippen molar-refractivity contribution in [3.8, 4) is 0 Å². The summed E-state index contributed by atoms with van der Waals surface area (Å²) in [5.74, 6) is -1.29. The quantitative estimate of drug-likeness (QED) is 0.669. The molecule has 0 saturated carbocycles. The molecule has 26 heavy (non-hydrogen) atoms. The number of alkyl halides is 2. The van der Waals surface area contributed by atoms with Gasteiger partial charge in [0.25, 0.3) is 11.8 Å². The van der Waals surface area contributed by atoms with Gasteiger partial charge >= 0.3 is 0 Å². The molecule has 1 heterocycles. The number of amides is 2. The number of hydrogen-bond acceptors (Lipinski definition) is 3. The summed E-state index contributed by atoms with van der Waals surface area (Å²) in [6.07, 6.45) is -2.54. The summed E-state index contributed by atoms with van der Waals surface area (Å²) in [5.41, 5.74) is 6.38. The van der Waals surface area contributed by atoms with Gasteiger partial charge in [0.2, 0.25) is 6.43 Å². The van der Waals surface area contributed by atoms with Crippen LogP contribution in [0.3, 0.4) is 0 Å². The Morgan fingerprint density at radius 1 is 1.38 bits per heavy atom. The molecule has 1 aromatic heterocycles. The van der Waals surface area contributed by atoms with E-state index in [4.69, 9.17) is 17.3 Å². The fourth-order valence-corrected chi connectivity index (χ4v) is 3.10. The SMILES string of the molecule is Cc1cc(Cl)cc(C(N)=O)c1NC(=O)c1cc(Br)nn1CCCC(F)F. The van der Waals surface area contributed by atoms with Gasteiger partial charge in [-0.3, -0.25) is 14.3 Å². The van der Waals surface area contributed by atoms with Crippen LogP contribution in [0.15, 0.2) is 22.8 Å². The molecular formula is C16H16BrClF2N4O2. The van der Waals surface area contributed by atoms with Crippen molar-refractivity contribution in [2.45, 2.75) is 32.7 Å². The van der Waals surface area contributed by atoms with Crippen molar-refractivity contribution in [2.75, 3.05) is 5.32 Å². The van der Waals surface area contributed by atoms with Gasteiger partial charge < -0.3 is 11.1 Å². The molecule has 0 aliphatic carbocycles. The van der Waals surface area contributed by atoms with Crippen LogP contribution in [-0.2, 0) is 6.54 Å². The Labute approximate surface area is 161 Å². The van der Waals surface area contributed by atoms with Crippen LogP contribution in [-0.4, -0.2) is 28.0 Å². The molecule has 0 radical (unpaired) electrons. The number of rotatable bonds is 7. The maximum atomic E-state index is 12.6. The molecular weight excluding hydrogens is 434 g/mol. The predicted octanol–water partition coefficient (Wildman–Crippen LogP) is 4.00. The highest BCUT2D eigenvalue weighted by Crippen LogP contribution is 2.26. The molecule has 1 aromatic carbocycles. The number of primary amides is 1. The average Bonchev–Trinajstić information content (AvgIpc) is 2.90. The molecule has 10 heteroatoms. The smallest absolute Gasteiger partial charge is 0.274 e. The van der Waals surface area contributed by atoms with Gasteiger partial charge in [0.1, 0.15) is 10.3 Å². The first-order valence-electron chi connectivity index (χ1n) is 7.62. The van der Waals surface area contributed by atoms with E-state index in [0.29, 0.717) is 15.2 Å². The normalized spacial score (nSPS) is 11.0. The maximum Gasteiger partial charge on any atom is 0.274 e. The number of nitrogens with two attached hydrogens (primary N) is 1. The summed E-state index contributed by atoms with van der Waals surface area (Å²) in [6.45, 7) is 1.82. The number of carbonyl (C=O) groups excluding carboxylic acids is 2. The van der Waals surface area contributed by atoms with E-state index in [-0.39, 0.29) is 36.3 Å². The van der Waals surface area contributed by atoms with Gasteiger partial charge in [0, 0.05) is 24.1 Å². The molecule has 2 amide bonds. The van der Waals surface area contributed by atoms with Crippen molar-refractivity contribution in [1.29, 1.82) is 0 Å². The fraction of sp³-hybridized carbons (Fsp3) is 0.312. The molecule has 2 aromatic rings. The summed E-state index contributed by atoms with van der Waals surface area (Å²) >= 11 is 9.10. The summed E-state index contributed by atoms with van der Waals surface area (Å²) in [4.78, 5) is 24.3. The monoisotopic (exact) mass is 448 g/mol. The van der Waals surface area contributed by atoms with Crippen LogP contribution in [0.4, 0.5) is 14.5 Å². The zero-order chi connectivity index (χ0) is 19.4. The third-order valence-corrected chi connectivity index (χ3v) is 4.19. The molecule has 0 aliphatic rings. The Kier molecular flexibility index (Phi) is 6.71. The lowest BCUT2D eigenvalue weighted by atomic mass is 10.1. The second kappa shape index (κ2) is 8.59. The summed E-state index contributed by atoms with van der Waals surface area (Å²) in [5, 5.41) is 7.02. The molecule has 0 spiro atoms. The van der Waals surface area contributed by atoms with Gasteiger partial charge in [-0.05, 0) is 47.0 Å². The lowest BCUT2D eigenvalue weighted by Crippen LogP contribution is -2.22. The van der Waals surface area contributed by atoms with Crippen molar-refractivity contribution in [3.63, 3.8) is 0 Å². The zero-order valence-corrected chi connectivity index (χ0v) is 16.1. The minimum Gasteiger partial charge on any atom is -0.366 e. The van der Waals surface area contributed by atoms with Crippen LogP contribution < -0.4 is 11.1 Å². The Hall–Kier alpha value is -2.00. The van der Waals surface area contributed by atoms with Gasteiger partial charge in [-0.15, -0.1) is 0 Å². The minimum atomic E-state index is -2.42. The van der Waals surface area contributed by atoms with Crippen molar-refractivity contribution in [3.05, 3.63) is 44.6 Å². The van der Waals surface area contributed by atoms with Gasteiger partial charge in [-0.25, -0.2) is 8.78 Å². The first-order valence-corrected chi connectivity index (χ1v) is 8.79. The lowest BCUT2D eigenvalue weighted by molar-refractivity contribution is 0.100. The highest BCUT2D eigenvalue weighted by atomic mass is 79.9. The van der Waals surface area contributed by atoms with E-state index >= 15 is 0 Å². The van der Waals surface area contributed by atoms with Gasteiger partial charge in [0.15, 0.2) is 0 Å². The van der Waals surface area contributed by atoms with Crippen LogP contribution in [0.5, 0.6) is 0 Å². The number of carbonyl (C=O) groups is 2. The number of aryl methyl sites for hydroxylation is 2. The Bertz CT molecular complexity index is 842. The second-order valence-corrected chi connectivity index (χ2v) is 6.82. The number of aromatic nitrogens is 2. The molecule has 0 fully saturated rings. The summed E-state index contributed by atoms with van der Waals surface area (Å²) < 4.78 is 26.3. The van der Waals surface area contributed by atoms with Crippen molar-refractivity contribution >= 4 is 45.0 Å². The average molecular weight is 450 g/mol. The van der Waals surface area contributed by atoms with Crippen LogP contribution in [0.2, 0.25) is 5.02 Å². The third-order valence-electron chi connectivity index (χ3n) is 3.58. The van der Waals surface area contributed by atoms with Crippen molar-refractivity contribution in [2.24, 2.45) is 5.73 Å². The van der Waals surface area contributed by atoms with Crippen molar-refractivity contribution < 1.29 is 18.4 Å². The molecule has 0 saturated heterocycles. The fourth-order valence-electron chi connectivity index (χ4n) is 2.41. The lowest BCUT2D eigenvalue weighted by Gasteiger charge is -2.13. The Morgan fingerprint density at radius 2 is 2.08 bits per heavy atom. The second-order valence-electron chi connectivity index (χ2n) is 5.57.